The first-order valence-electron chi connectivity index (χ1n) is 6.08. The Kier molecular flexibility index (Phi) is 3.29. The Labute approximate surface area is 119 Å². The van der Waals surface area contributed by atoms with Crippen molar-refractivity contribution in [3.63, 3.8) is 0 Å². The molecule has 0 fully saturated rings. The van der Waals surface area contributed by atoms with Crippen LogP contribution in [0.25, 0.3) is 0 Å². The zero-order chi connectivity index (χ0) is 13.2. The molecule has 2 aromatic rings. The fourth-order valence-corrected chi connectivity index (χ4v) is 2.50. The Hall–Kier alpha value is -1.75. The standard InChI is InChI=1S/C14H13BrN2O2/c15-11-7-12(16-8-11)14(18)17-5-6-19-13-4-2-1-3-10(13)9-17/h1-4,7-8,16H,5-6,9H2. The molecular formula is C14H13BrN2O2. The number of halogens is 1. The van der Waals surface area contributed by atoms with E-state index in [2.05, 4.69) is 20.9 Å². The summed E-state index contributed by atoms with van der Waals surface area (Å²) in [6, 6.07) is 9.62. The van der Waals surface area contributed by atoms with Gasteiger partial charge in [0.15, 0.2) is 0 Å². The Bertz CT molecular complexity index is 609. The molecular weight excluding hydrogens is 308 g/mol. The van der Waals surface area contributed by atoms with Crippen LogP contribution in [0.5, 0.6) is 5.75 Å². The molecule has 2 heterocycles. The van der Waals surface area contributed by atoms with Crippen LogP contribution in [0.3, 0.4) is 0 Å². The van der Waals surface area contributed by atoms with E-state index in [-0.39, 0.29) is 5.91 Å². The van der Waals surface area contributed by atoms with Crippen molar-refractivity contribution in [1.82, 2.24) is 9.88 Å². The quantitative estimate of drug-likeness (QED) is 0.878. The molecule has 1 aliphatic heterocycles. The largest absolute Gasteiger partial charge is 0.491 e. The molecule has 0 spiro atoms. The van der Waals surface area contributed by atoms with Gasteiger partial charge in [0, 0.05) is 22.8 Å². The third-order valence-corrected chi connectivity index (χ3v) is 3.58. The number of carbonyl (C=O) groups excluding carboxylic acids is 1. The van der Waals surface area contributed by atoms with E-state index in [0.29, 0.717) is 25.4 Å². The predicted molar refractivity (Wildman–Crippen MR) is 75.2 cm³/mol. The number of amides is 1. The number of fused-ring (bicyclic) bond motifs is 1. The summed E-state index contributed by atoms with van der Waals surface area (Å²) in [5.74, 6) is 0.858. The van der Waals surface area contributed by atoms with E-state index in [1.165, 1.54) is 0 Å². The number of aromatic amines is 1. The highest BCUT2D eigenvalue weighted by Gasteiger charge is 2.21. The molecule has 4 nitrogen and oxygen atoms in total. The van der Waals surface area contributed by atoms with E-state index in [9.17, 15) is 4.79 Å². The number of para-hydroxylation sites is 1. The summed E-state index contributed by atoms with van der Waals surface area (Å²) in [5, 5.41) is 0. The van der Waals surface area contributed by atoms with Crippen molar-refractivity contribution in [2.24, 2.45) is 0 Å². The first kappa shape index (κ1) is 12.3. The van der Waals surface area contributed by atoms with Crippen molar-refractivity contribution in [3.05, 3.63) is 52.3 Å². The Morgan fingerprint density at radius 3 is 3.00 bits per heavy atom. The van der Waals surface area contributed by atoms with Gasteiger partial charge in [0.25, 0.3) is 5.91 Å². The number of ether oxygens (including phenoxy) is 1. The van der Waals surface area contributed by atoms with E-state index in [4.69, 9.17) is 4.74 Å². The number of carbonyl (C=O) groups is 1. The zero-order valence-corrected chi connectivity index (χ0v) is 11.8. The van der Waals surface area contributed by atoms with Crippen LogP contribution < -0.4 is 4.74 Å². The van der Waals surface area contributed by atoms with Gasteiger partial charge in [0.1, 0.15) is 18.1 Å². The molecule has 1 aromatic carbocycles. The summed E-state index contributed by atoms with van der Waals surface area (Å²) < 4.78 is 6.53. The Morgan fingerprint density at radius 2 is 2.21 bits per heavy atom. The number of benzene rings is 1. The maximum absolute atomic E-state index is 12.4. The number of nitrogens with zero attached hydrogens (tertiary/aromatic N) is 1. The van der Waals surface area contributed by atoms with Crippen LogP contribution in [0.1, 0.15) is 16.1 Å². The second kappa shape index (κ2) is 5.09. The van der Waals surface area contributed by atoms with Gasteiger partial charge in [0.05, 0.1) is 6.54 Å². The molecule has 1 amide bonds. The molecule has 1 N–H and O–H groups in total. The lowest BCUT2D eigenvalue weighted by molar-refractivity contribution is 0.0728. The van der Waals surface area contributed by atoms with Gasteiger partial charge in [-0.25, -0.2) is 0 Å². The van der Waals surface area contributed by atoms with Gasteiger partial charge in [-0.3, -0.25) is 4.79 Å². The highest BCUT2D eigenvalue weighted by Crippen LogP contribution is 2.23. The van der Waals surface area contributed by atoms with E-state index in [1.54, 1.807) is 17.2 Å². The van der Waals surface area contributed by atoms with Gasteiger partial charge in [-0.1, -0.05) is 18.2 Å². The van der Waals surface area contributed by atoms with Crippen LogP contribution in [0.15, 0.2) is 41.0 Å². The van der Waals surface area contributed by atoms with Crippen molar-refractivity contribution in [1.29, 1.82) is 0 Å². The van der Waals surface area contributed by atoms with E-state index in [0.717, 1.165) is 15.8 Å². The number of H-pyrrole nitrogens is 1. The number of hydrogen-bond acceptors (Lipinski definition) is 2. The van der Waals surface area contributed by atoms with Crippen LogP contribution in [0.4, 0.5) is 0 Å². The monoisotopic (exact) mass is 320 g/mol. The zero-order valence-electron chi connectivity index (χ0n) is 10.2. The molecule has 1 aliphatic rings. The van der Waals surface area contributed by atoms with Gasteiger partial charge in [0.2, 0.25) is 0 Å². The molecule has 98 valence electrons. The summed E-state index contributed by atoms with van der Waals surface area (Å²) in [5.41, 5.74) is 1.63. The van der Waals surface area contributed by atoms with Gasteiger partial charge >= 0.3 is 0 Å². The number of rotatable bonds is 1. The van der Waals surface area contributed by atoms with Crippen LogP contribution in [0, 0.1) is 0 Å². The van der Waals surface area contributed by atoms with E-state index < -0.39 is 0 Å². The first-order valence-corrected chi connectivity index (χ1v) is 6.87. The molecule has 0 atom stereocenters. The van der Waals surface area contributed by atoms with Crippen LogP contribution in [-0.2, 0) is 6.54 Å². The minimum atomic E-state index is -0.00833. The molecule has 0 unspecified atom stereocenters. The van der Waals surface area contributed by atoms with E-state index in [1.807, 2.05) is 24.3 Å². The van der Waals surface area contributed by atoms with E-state index >= 15 is 0 Å². The summed E-state index contributed by atoms with van der Waals surface area (Å²) in [7, 11) is 0. The molecule has 0 saturated carbocycles. The van der Waals surface area contributed by atoms with Crippen LogP contribution in [0.2, 0.25) is 0 Å². The summed E-state index contributed by atoms with van der Waals surface area (Å²) in [6.07, 6.45) is 1.76. The number of hydrogen-bond donors (Lipinski definition) is 1. The summed E-state index contributed by atoms with van der Waals surface area (Å²) in [4.78, 5) is 17.2. The van der Waals surface area contributed by atoms with Crippen LogP contribution >= 0.6 is 15.9 Å². The van der Waals surface area contributed by atoms with Crippen molar-refractivity contribution in [3.8, 4) is 5.75 Å². The molecule has 1 aromatic heterocycles. The summed E-state index contributed by atoms with van der Waals surface area (Å²) >= 11 is 3.34. The molecule has 0 bridgehead atoms. The summed E-state index contributed by atoms with van der Waals surface area (Å²) in [6.45, 7) is 1.68. The molecule has 0 saturated heterocycles. The topological polar surface area (TPSA) is 45.3 Å². The fourth-order valence-electron chi connectivity index (χ4n) is 2.16. The lowest BCUT2D eigenvalue weighted by atomic mass is 10.2. The molecule has 5 heteroatoms. The predicted octanol–water partition coefficient (Wildman–Crippen LogP) is 2.81. The highest BCUT2D eigenvalue weighted by molar-refractivity contribution is 9.10. The molecule has 0 aliphatic carbocycles. The van der Waals surface area contributed by atoms with Gasteiger partial charge in [-0.2, -0.15) is 0 Å². The van der Waals surface area contributed by atoms with Gasteiger partial charge in [-0.15, -0.1) is 0 Å². The minimum Gasteiger partial charge on any atom is -0.491 e. The lowest BCUT2D eigenvalue weighted by Gasteiger charge is -2.18. The third-order valence-electron chi connectivity index (χ3n) is 3.12. The maximum atomic E-state index is 12.4. The second-order valence-corrected chi connectivity index (χ2v) is 5.33. The smallest absolute Gasteiger partial charge is 0.270 e. The molecule has 19 heavy (non-hydrogen) atoms. The normalized spacial score (nSPS) is 14.5. The second-order valence-electron chi connectivity index (χ2n) is 4.41. The first-order chi connectivity index (χ1) is 9.24. The average molecular weight is 321 g/mol. The fraction of sp³-hybridized carbons (Fsp3) is 0.214. The lowest BCUT2D eigenvalue weighted by Crippen LogP contribution is -2.32. The number of aromatic nitrogens is 1. The molecule has 3 rings (SSSR count). The maximum Gasteiger partial charge on any atom is 0.270 e. The van der Waals surface area contributed by atoms with Crippen molar-refractivity contribution in [2.75, 3.05) is 13.2 Å². The van der Waals surface area contributed by atoms with Crippen LogP contribution in [-0.4, -0.2) is 28.9 Å². The van der Waals surface area contributed by atoms with Gasteiger partial charge in [-0.05, 0) is 28.1 Å². The Balaban J connectivity index is 1.84. The third kappa shape index (κ3) is 2.51. The minimum absolute atomic E-state index is 0.00833. The molecule has 0 radical (unpaired) electrons. The van der Waals surface area contributed by atoms with Crippen molar-refractivity contribution in [2.45, 2.75) is 6.54 Å². The number of nitrogens with one attached hydrogen (secondary N) is 1. The SMILES string of the molecule is O=C(c1cc(Br)c[nH]1)N1CCOc2ccccc2C1. The average Bonchev–Trinajstić information content (AvgIpc) is 2.74. The highest BCUT2D eigenvalue weighted by atomic mass is 79.9. The Morgan fingerprint density at radius 1 is 1.37 bits per heavy atom. The van der Waals surface area contributed by atoms with Crippen molar-refractivity contribution >= 4 is 21.8 Å². The van der Waals surface area contributed by atoms with Crippen molar-refractivity contribution < 1.29 is 9.53 Å². The van der Waals surface area contributed by atoms with Gasteiger partial charge < -0.3 is 14.6 Å².